The van der Waals surface area contributed by atoms with Crippen LogP contribution < -0.4 is 21.7 Å². The second kappa shape index (κ2) is 14.0. The zero-order valence-electron chi connectivity index (χ0n) is 27.1. The van der Waals surface area contributed by atoms with E-state index in [2.05, 4.69) is 25.9 Å². The third-order valence-electron chi connectivity index (χ3n) is 8.65. The number of benzene rings is 4. The average molecular weight is 657 g/mol. The van der Waals surface area contributed by atoms with E-state index in [1.807, 2.05) is 98.8 Å². The summed E-state index contributed by atoms with van der Waals surface area (Å²) in [5.41, 5.74) is 11.2. The lowest BCUT2D eigenvalue weighted by Crippen LogP contribution is -2.49. The van der Waals surface area contributed by atoms with Crippen LogP contribution in [0, 0.1) is 13.8 Å². The van der Waals surface area contributed by atoms with Gasteiger partial charge >= 0.3 is 5.97 Å². The van der Waals surface area contributed by atoms with Gasteiger partial charge in [0, 0.05) is 39.4 Å². The summed E-state index contributed by atoms with van der Waals surface area (Å²) >= 11 is 0. The van der Waals surface area contributed by atoms with E-state index < -0.39 is 48.9 Å². The fourth-order valence-corrected chi connectivity index (χ4v) is 6.15. The van der Waals surface area contributed by atoms with Gasteiger partial charge in [-0.3, -0.25) is 24.4 Å². The first-order valence-electron chi connectivity index (χ1n) is 16.0. The summed E-state index contributed by atoms with van der Waals surface area (Å²) in [5, 5.41) is 23.2. The summed E-state index contributed by atoms with van der Waals surface area (Å²) < 4.78 is 0. The molecule has 0 aliphatic heterocycles. The molecular weight excluding hydrogens is 620 g/mol. The Balaban J connectivity index is 0.992. The Hall–Kier alpha value is -5.94. The zero-order valence-corrected chi connectivity index (χ0v) is 27.1. The largest absolute Gasteiger partial charge is 0.480 e. The average Bonchev–Trinajstić information content (AvgIpc) is 3.09. The highest BCUT2D eigenvalue weighted by atomic mass is 16.4. The van der Waals surface area contributed by atoms with Crippen molar-refractivity contribution in [1.29, 1.82) is 0 Å². The number of nitrogens with two attached hydrogens (primary N) is 1. The summed E-state index contributed by atoms with van der Waals surface area (Å²) in [5.74, 6) is -3.03. The van der Waals surface area contributed by atoms with Crippen LogP contribution in [0.15, 0.2) is 84.9 Å². The van der Waals surface area contributed by atoms with Crippen LogP contribution in [0.5, 0.6) is 0 Å². The number of carbonyl (C=O) groups excluding carboxylic acids is 3. The van der Waals surface area contributed by atoms with E-state index in [0.29, 0.717) is 5.56 Å². The van der Waals surface area contributed by atoms with Gasteiger partial charge in [0.15, 0.2) is 0 Å². The van der Waals surface area contributed by atoms with E-state index in [9.17, 15) is 24.3 Å². The molecule has 0 radical (unpaired) electrons. The van der Waals surface area contributed by atoms with E-state index in [1.165, 1.54) is 0 Å². The van der Waals surface area contributed by atoms with Crippen molar-refractivity contribution >= 4 is 67.0 Å². The van der Waals surface area contributed by atoms with Crippen LogP contribution in [0.25, 0.3) is 43.4 Å². The topological polar surface area (TPSA) is 176 Å². The molecule has 0 unspecified atom stereocenters. The maximum Gasteiger partial charge on any atom is 0.326 e. The molecule has 0 fully saturated rings. The molecule has 0 bridgehead atoms. The SMILES string of the molecule is Cc1nc2ccccc2c2ccc(C[C@H](NC(=O)CNC(=O)CNC(=O)[C@@H](N)Cc3ccc4c(c3)c(C)nc3ccccc34)C(=O)O)cc12. The maximum absolute atomic E-state index is 12.7. The number of nitrogens with zero attached hydrogens (tertiary/aromatic N) is 2. The van der Waals surface area contributed by atoms with Gasteiger partial charge in [0.05, 0.1) is 30.2 Å². The molecule has 2 aromatic heterocycles. The second-order valence-electron chi connectivity index (χ2n) is 12.2. The van der Waals surface area contributed by atoms with Crippen molar-refractivity contribution in [2.24, 2.45) is 5.73 Å². The first kappa shape index (κ1) is 33.0. The van der Waals surface area contributed by atoms with E-state index in [1.54, 1.807) is 0 Å². The number of carboxylic acid groups (broad SMARTS) is 1. The zero-order chi connectivity index (χ0) is 34.7. The molecule has 2 atom stereocenters. The van der Waals surface area contributed by atoms with Crippen LogP contribution in [0.1, 0.15) is 22.5 Å². The standard InChI is InChI=1S/C38H36N6O5/c1-21-29-15-23(11-13-25(29)27-7-3-5-9-32(27)42-21)17-31(39)37(47)41-19-35(45)40-20-36(46)44-34(38(48)49)18-24-12-14-26-28-8-4-6-10-33(28)43-22(2)30(26)16-24/h3-16,31,34H,17-20,39H2,1-2H3,(H,40,45)(H,41,47)(H,44,46)(H,48,49)/t31-,34-/m0/s1. The molecule has 49 heavy (non-hydrogen) atoms. The van der Waals surface area contributed by atoms with Crippen LogP contribution in [0.3, 0.4) is 0 Å². The molecule has 6 rings (SSSR count). The fourth-order valence-electron chi connectivity index (χ4n) is 6.15. The number of carbonyl (C=O) groups is 4. The minimum Gasteiger partial charge on any atom is -0.480 e. The van der Waals surface area contributed by atoms with Crippen molar-refractivity contribution in [3.63, 3.8) is 0 Å². The molecule has 248 valence electrons. The van der Waals surface area contributed by atoms with Crippen LogP contribution in [-0.2, 0) is 32.0 Å². The van der Waals surface area contributed by atoms with Gasteiger partial charge in [0.2, 0.25) is 17.7 Å². The van der Waals surface area contributed by atoms with E-state index in [0.717, 1.165) is 60.3 Å². The first-order valence-corrected chi connectivity index (χ1v) is 16.0. The Labute approximate surface area is 281 Å². The normalized spacial score (nSPS) is 12.6. The number of aromatic nitrogens is 2. The van der Waals surface area contributed by atoms with Crippen molar-refractivity contribution in [2.45, 2.75) is 38.8 Å². The molecule has 6 aromatic rings. The molecule has 0 saturated carbocycles. The monoisotopic (exact) mass is 656 g/mol. The van der Waals surface area contributed by atoms with Gasteiger partial charge in [0.25, 0.3) is 0 Å². The summed E-state index contributed by atoms with van der Waals surface area (Å²) in [4.78, 5) is 59.0. The lowest BCUT2D eigenvalue weighted by Gasteiger charge is -2.16. The molecule has 0 saturated heterocycles. The van der Waals surface area contributed by atoms with Crippen LogP contribution >= 0.6 is 0 Å². The maximum atomic E-state index is 12.7. The molecule has 0 aliphatic carbocycles. The predicted octanol–water partition coefficient (Wildman–Crippen LogP) is 3.62. The number of hydrogen-bond acceptors (Lipinski definition) is 7. The van der Waals surface area contributed by atoms with Crippen LogP contribution in [-0.4, -0.2) is 63.9 Å². The van der Waals surface area contributed by atoms with Crippen LogP contribution in [0.4, 0.5) is 0 Å². The van der Waals surface area contributed by atoms with Crippen molar-refractivity contribution in [1.82, 2.24) is 25.9 Å². The molecule has 3 amide bonds. The second-order valence-corrected chi connectivity index (χ2v) is 12.2. The predicted molar refractivity (Wildman–Crippen MR) is 189 cm³/mol. The van der Waals surface area contributed by atoms with Gasteiger partial charge in [-0.15, -0.1) is 0 Å². The minimum atomic E-state index is -1.22. The Kier molecular flexibility index (Phi) is 9.45. The fraction of sp³-hybridized carbons (Fsp3) is 0.211. The van der Waals surface area contributed by atoms with E-state index in [-0.39, 0.29) is 12.8 Å². The van der Waals surface area contributed by atoms with Crippen molar-refractivity contribution < 1.29 is 24.3 Å². The Bertz CT molecular complexity index is 2270. The highest BCUT2D eigenvalue weighted by molar-refractivity contribution is 6.07. The van der Waals surface area contributed by atoms with Gasteiger partial charge < -0.3 is 26.8 Å². The third-order valence-corrected chi connectivity index (χ3v) is 8.65. The molecule has 2 heterocycles. The molecular formula is C38H36N6O5. The number of fused-ring (bicyclic) bond motifs is 6. The number of hydrogen-bond donors (Lipinski definition) is 5. The number of aliphatic carboxylic acids is 1. The van der Waals surface area contributed by atoms with Gasteiger partial charge in [-0.05, 0) is 66.4 Å². The molecule has 0 spiro atoms. The summed E-state index contributed by atoms with van der Waals surface area (Å²) in [7, 11) is 0. The van der Waals surface area contributed by atoms with E-state index >= 15 is 0 Å². The summed E-state index contributed by atoms with van der Waals surface area (Å²) in [6.45, 7) is 2.99. The number of aryl methyl sites for hydroxylation is 2. The highest BCUT2D eigenvalue weighted by Crippen LogP contribution is 2.28. The van der Waals surface area contributed by atoms with Gasteiger partial charge in [-0.2, -0.15) is 0 Å². The lowest BCUT2D eigenvalue weighted by atomic mass is 9.98. The van der Waals surface area contributed by atoms with Gasteiger partial charge in [0.1, 0.15) is 6.04 Å². The van der Waals surface area contributed by atoms with Gasteiger partial charge in [-0.25, -0.2) is 4.79 Å². The highest BCUT2D eigenvalue weighted by Gasteiger charge is 2.22. The number of carboxylic acids is 1. The number of para-hydroxylation sites is 2. The Morgan fingerprint density at radius 3 is 1.71 bits per heavy atom. The third kappa shape index (κ3) is 7.31. The molecule has 0 aliphatic rings. The van der Waals surface area contributed by atoms with Crippen molar-refractivity contribution in [3.8, 4) is 0 Å². The van der Waals surface area contributed by atoms with Crippen LogP contribution in [0.2, 0.25) is 0 Å². The van der Waals surface area contributed by atoms with Gasteiger partial charge in [-0.1, -0.05) is 60.7 Å². The molecule has 11 heteroatoms. The van der Waals surface area contributed by atoms with E-state index in [4.69, 9.17) is 5.73 Å². The Morgan fingerprint density at radius 1 is 0.653 bits per heavy atom. The smallest absolute Gasteiger partial charge is 0.326 e. The quantitative estimate of drug-likeness (QED) is 0.131. The first-order chi connectivity index (χ1) is 23.6. The number of pyridine rings is 2. The summed E-state index contributed by atoms with van der Waals surface area (Å²) in [6, 6.07) is 25.2. The molecule has 6 N–H and O–H groups in total. The minimum absolute atomic E-state index is 0.0368. The molecule has 11 nitrogen and oxygen atoms in total. The number of amides is 3. The molecule has 4 aromatic carbocycles. The number of nitrogens with one attached hydrogen (secondary N) is 3. The summed E-state index contributed by atoms with van der Waals surface area (Å²) in [6.07, 6.45) is 0.285. The van der Waals surface area contributed by atoms with Crippen molar-refractivity contribution in [2.75, 3.05) is 13.1 Å². The van der Waals surface area contributed by atoms with Crippen molar-refractivity contribution in [3.05, 3.63) is 107 Å². The number of rotatable bonds is 11. The lowest BCUT2D eigenvalue weighted by molar-refractivity contribution is -0.141. The Morgan fingerprint density at radius 2 is 1.16 bits per heavy atom.